The molecule has 8 N–H and O–H groups in total. The molecule has 0 radical (unpaired) electrons. The Balaban J connectivity index is 0.000000636. The Morgan fingerprint density at radius 2 is 0.946 bits per heavy atom. The van der Waals surface area contributed by atoms with Gasteiger partial charge < -0.3 is 31.3 Å². The quantitative estimate of drug-likeness (QED) is 0.0162. The molecule has 4 atom stereocenters. The minimum Gasteiger partial charge on any atom is -0.478 e. The average molecular weight is 1020 g/mol. The summed E-state index contributed by atoms with van der Waals surface area (Å²) in [6, 6.07) is 51.0. The van der Waals surface area contributed by atoms with Crippen LogP contribution in [0.1, 0.15) is 120 Å². The average Bonchev–Trinajstić information content (AvgIpc) is 3.40. The molecule has 0 saturated carbocycles. The Labute approximate surface area is 439 Å². The van der Waals surface area contributed by atoms with Crippen LogP contribution in [0.15, 0.2) is 170 Å². The van der Waals surface area contributed by atoms with Gasteiger partial charge in [0.2, 0.25) is 0 Å². The summed E-state index contributed by atoms with van der Waals surface area (Å²) in [5.41, 5.74) is 17.2. The Hall–Kier alpha value is -6.88. The van der Waals surface area contributed by atoms with Gasteiger partial charge in [0, 0.05) is 48.9 Å². The van der Waals surface area contributed by atoms with Crippen molar-refractivity contribution in [3.05, 3.63) is 214 Å². The number of carboxylic acids is 1. The van der Waals surface area contributed by atoms with Gasteiger partial charge in [0.15, 0.2) is 5.78 Å². The fourth-order valence-corrected chi connectivity index (χ4v) is 7.13. The van der Waals surface area contributed by atoms with Gasteiger partial charge in [0.25, 0.3) is 11.8 Å². The molecule has 6 aromatic carbocycles. The fourth-order valence-electron chi connectivity index (χ4n) is 7.13. The second kappa shape index (κ2) is 36.9. The van der Waals surface area contributed by atoms with Gasteiger partial charge in [-0.05, 0) is 85.2 Å². The number of rotatable bonds is 25. The largest absolute Gasteiger partial charge is 0.478 e. The van der Waals surface area contributed by atoms with E-state index >= 15 is 0 Å². The van der Waals surface area contributed by atoms with E-state index in [9.17, 15) is 29.4 Å². The van der Waals surface area contributed by atoms with Crippen LogP contribution in [0, 0.1) is 0 Å². The van der Waals surface area contributed by atoms with Crippen LogP contribution in [0.25, 0.3) is 0 Å². The van der Waals surface area contributed by atoms with Gasteiger partial charge in [0.05, 0.1) is 37.0 Å². The number of carbonyl (C=O) groups excluding carboxylic acids is 3. The first-order valence-electron chi connectivity index (χ1n) is 23.9. The summed E-state index contributed by atoms with van der Waals surface area (Å²) in [6.45, 7) is 8.09. The van der Waals surface area contributed by atoms with Crippen molar-refractivity contribution in [2.75, 3.05) is 26.2 Å². The first kappa shape index (κ1) is 65.1. The zero-order valence-corrected chi connectivity index (χ0v) is 40.9. The number of nitrogens with one attached hydrogen (secondary N) is 3. The van der Waals surface area contributed by atoms with Crippen LogP contribution in [0.3, 0.4) is 0 Å². The van der Waals surface area contributed by atoms with Gasteiger partial charge in [0.1, 0.15) is 0 Å². The number of aliphatic hydroxyl groups excluding tert-OH is 2. The summed E-state index contributed by atoms with van der Waals surface area (Å²) < 4.78 is 0. The SMILES string of the molecule is C.C.C.CC(=O)c1cccc(C(=O)O)c1.CCCN(CCC)C(=O)c1cccc(C(=O)NC(Cc2ccccc2)C(O)CNOCc2ccccc2)c1.NC(Cc1ccccc1)C(O)CNOCc1ccccc1. The predicted octanol–water partition coefficient (Wildman–Crippen LogP) is 9.51. The number of benzene rings is 6. The molecule has 6 aromatic rings. The minimum atomic E-state index is -1.02. The van der Waals surface area contributed by atoms with Crippen molar-refractivity contribution in [2.45, 2.75) is 106 Å². The highest BCUT2D eigenvalue weighted by molar-refractivity contribution is 6.00. The molecule has 0 spiro atoms. The van der Waals surface area contributed by atoms with E-state index in [0.29, 0.717) is 62.4 Å². The molecule has 2 amide bonds. The number of hydrogen-bond acceptors (Lipinski definition) is 11. The second-order valence-corrected chi connectivity index (χ2v) is 16.8. The lowest BCUT2D eigenvalue weighted by Gasteiger charge is -2.25. The van der Waals surface area contributed by atoms with Gasteiger partial charge in [-0.2, -0.15) is 11.0 Å². The van der Waals surface area contributed by atoms with Gasteiger partial charge >= 0.3 is 5.97 Å². The fraction of sp³-hybridized carbons (Fsp3) is 0.333. The van der Waals surface area contributed by atoms with E-state index in [4.69, 9.17) is 20.5 Å². The molecule has 0 heterocycles. The molecule has 74 heavy (non-hydrogen) atoms. The normalized spacial score (nSPS) is 11.9. The van der Waals surface area contributed by atoms with Crippen molar-refractivity contribution >= 4 is 23.6 Å². The monoisotopic (exact) mass is 1020 g/mol. The number of carboxylic acid groups (broad SMARTS) is 1. The highest BCUT2D eigenvalue weighted by Crippen LogP contribution is 2.13. The molecule has 0 aliphatic carbocycles. The zero-order valence-electron chi connectivity index (χ0n) is 40.9. The molecule has 14 nitrogen and oxygen atoms in total. The smallest absolute Gasteiger partial charge is 0.335 e. The summed E-state index contributed by atoms with van der Waals surface area (Å²) in [6.07, 6.45) is 1.25. The predicted molar refractivity (Wildman–Crippen MR) is 297 cm³/mol. The molecular formula is C60H81N5O9. The number of Topliss-reactive ketones (excluding diaryl/α,β-unsaturated/α-hetero) is 1. The maximum absolute atomic E-state index is 13.3. The zero-order chi connectivity index (χ0) is 51.2. The molecule has 14 heteroatoms. The first-order valence-corrected chi connectivity index (χ1v) is 23.9. The highest BCUT2D eigenvalue weighted by atomic mass is 16.6. The van der Waals surface area contributed by atoms with Crippen LogP contribution >= 0.6 is 0 Å². The topological polar surface area (TPSA) is 213 Å². The second-order valence-electron chi connectivity index (χ2n) is 16.8. The third kappa shape index (κ3) is 24.2. The molecule has 4 unspecified atom stereocenters. The number of nitrogens with two attached hydrogens (primary N) is 1. The highest BCUT2D eigenvalue weighted by Gasteiger charge is 2.24. The van der Waals surface area contributed by atoms with Crippen LogP contribution < -0.4 is 22.0 Å². The Morgan fingerprint density at radius 3 is 1.41 bits per heavy atom. The van der Waals surface area contributed by atoms with Gasteiger partial charge in [-0.25, -0.2) is 4.79 Å². The van der Waals surface area contributed by atoms with E-state index in [2.05, 4.69) is 16.3 Å². The van der Waals surface area contributed by atoms with E-state index in [1.807, 2.05) is 140 Å². The molecular weight excluding hydrogens is 935 g/mol. The molecule has 0 saturated heterocycles. The number of nitrogens with zero attached hydrogens (tertiary/aromatic N) is 1. The van der Waals surface area contributed by atoms with E-state index < -0.39 is 24.2 Å². The molecule has 0 aromatic heterocycles. The molecule has 0 aliphatic heterocycles. The lowest BCUT2D eigenvalue weighted by molar-refractivity contribution is -0.00429. The number of ketones is 1. The number of hydroxylamine groups is 2. The summed E-state index contributed by atoms with van der Waals surface area (Å²) in [5, 5.41) is 32.5. The number of aliphatic hydroxyl groups is 2. The van der Waals surface area contributed by atoms with Crippen molar-refractivity contribution < 1.29 is 44.2 Å². The lowest BCUT2D eigenvalue weighted by atomic mass is 10.0. The van der Waals surface area contributed by atoms with Crippen molar-refractivity contribution in [3.63, 3.8) is 0 Å². The standard InChI is InChI=1S/C31H39N3O4.C17H22N2O2.C9H8O3.3CH4/c1-3-18-34(19-4-2)31(37)27-17-11-16-26(21-27)30(36)33-28(20-24-12-7-5-8-13-24)29(35)22-32-38-23-25-14-9-6-10-15-25;18-16(11-14-7-3-1-4-8-14)17(20)12-19-21-13-15-9-5-2-6-10-15;1-6(10)7-3-2-4-8(5-7)9(11)12;;;/h5-17,21,28-29,32,35H,3-4,18-20,22-23H2,1-2H3,(H,33,36);1-10,16-17,19-20H,11-13,18H2;2-5H,1H3,(H,11,12);3*1H4. The van der Waals surface area contributed by atoms with Crippen molar-refractivity contribution in [1.29, 1.82) is 0 Å². The van der Waals surface area contributed by atoms with Gasteiger partial charge in [-0.1, -0.05) is 176 Å². The van der Waals surface area contributed by atoms with Gasteiger partial charge in [-0.3, -0.25) is 24.1 Å². The molecule has 0 bridgehead atoms. The summed E-state index contributed by atoms with van der Waals surface area (Å²) in [7, 11) is 0. The third-order valence-corrected chi connectivity index (χ3v) is 11.0. The van der Waals surface area contributed by atoms with E-state index in [1.165, 1.54) is 19.1 Å². The lowest BCUT2D eigenvalue weighted by Crippen LogP contribution is -2.48. The maximum Gasteiger partial charge on any atom is 0.335 e. The Bertz CT molecular complexity index is 2430. The van der Waals surface area contributed by atoms with E-state index in [-0.39, 0.29) is 58.0 Å². The maximum atomic E-state index is 13.3. The number of hydrogen-bond donors (Lipinski definition) is 7. The number of carbonyl (C=O) groups is 4. The van der Waals surface area contributed by atoms with Crippen LogP contribution in [0.5, 0.6) is 0 Å². The van der Waals surface area contributed by atoms with Crippen LogP contribution in [0.4, 0.5) is 0 Å². The molecule has 0 fully saturated rings. The molecule has 0 aliphatic rings. The number of aromatic carboxylic acids is 1. The van der Waals surface area contributed by atoms with Crippen LogP contribution in [-0.4, -0.2) is 94.3 Å². The Kier molecular flexibility index (Phi) is 32.5. The van der Waals surface area contributed by atoms with Crippen molar-refractivity contribution in [3.8, 4) is 0 Å². The van der Waals surface area contributed by atoms with E-state index in [0.717, 1.165) is 35.1 Å². The third-order valence-electron chi connectivity index (χ3n) is 11.0. The van der Waals surface area contributed by atoms with Crippen LogP contribution in [-0.2, 0) is 35.7 Å². The van der Waals surface area contributed by atoms with Crippen LogP contribution in [0.2, 0.25) is 0 Å². The summed E-state index contributed by atoms with van der Waals surface area (Å²) in [4.78, 5) is 60.3. The summed E-state index contributed by atoms with van der Waals surface area (Å²) >= 11 is 0. The van der Waals surface area contributed by atoms with Crippen molar-refractivity contribution in [1.82, 2.24) is 21.2 Å². The first-order chi connectivity index (χ1) is 34.4. The minimum absolute atomic E-state index is 0. The Morgan fingerprint density at radius 1 is 0.541 bits per heavy atom. The van der Waals surface area contributed by atoms with Gasteiger partial charge in [-0.15, -0.1) is 0 Å². The number of amides is 2. The molecule has 400 valence electrons. The van der Waals surface area contributed by atoms with Crippen molar-refractivity contribution in [2.24, 2.45) is 5.73 Å². The summed E-state index contributed by atoms with van der Waals surface area (Å²) in [5.74, 6) is -1.57. The molecule has 6 rings (SSSR count). The van der Waals surface area contributed by atoms with E-state index in [1.54, 1.807) is 36.4 Å².